The van der Waals surface area contributed by atoms with E-state index in [1.807, 2.05) is 0 Å². The molecule has 2 aromatic heterocycles. The van der Waals surface area contributed by atoms with Crippen LogP contribution in [0.1, 0.15) is 12.8 Å². The van der Waals surface area contributed by atoms with Crippen molar-refractivity contribution >= 4 is 11.9 Å². The summed E-state index contributed by atoms with van der Waals surface area (Å²) < 4.78 is 34.1. The minimum Gasteiger partial charge on any atom is -0.377 e. The quantitative estimate of drug-likeness (QED) is 0.807. The number of piperidine rings is 1. The van der Waals surface area contributed by atoms with Crippen molar-refractivity contribution in [1.29, 1.82) is 0 Å². The molecule has 11 heteroatoms. The number of hydrogen-bond donors (Lipinski definition) is 1. The third kappa shape index (κ3) is 3.28. The van der Waals surface area contributed by atoms with Crippen molar-refractivity contribution in [2.24, 2.45) is 0 Å². The Morgan fingerprint density at radius 1 is 0.964 bits per heavy atom. The molecule has 0 unspecified atom stereocenters. The molecule has 9 nitrogen and oxygen atoms in total. The average Bonchev–Trinajstić information content (AvgIpc) is 3.21. The largest absolute Gasteiger partial charge is 0.377 e. The van der Waals surface area contributed by atoms with Gasteiger partial charge in [-0.15, -0.1) is 0 Å². The normalized spacial score (nSPS) is 23.6. The summed E-state index contributed by atoms with van der Waals surface area (Å²) in [5.74, 6) is -1.27. The van der Waals surface area contributed by atoms with Crippen LogP contribution in [0.5, 0.6) is 0 Å². The second kappa shape index (κ2) is 6.59. The van der Waals surface area contributed by atoms with Crippen molar-refractivity contribution in [1.82, 2.24) is 30.0 Å². The standard InChI is InChI=1S/C17H22F2N8O/c18-17(19)2-7-25(8-3-17)13-22-14(24-15(23-13)27-6-1-4-21-27)26-9-5-20-16(10-26)11-28-12-16/h1,4,6,20H,2-3,5,7-12H2. The van der Waals surface area contributed by atoms with Crippen LogP contribution in [0, 0.1) is 0 Å². The molecule has 3 fully saturated rings. The lowest BCUT2D eigenvalue weighted by Gasteiger charge is -2.48. The summed E-state index contributed by atoms with van der Waals surface area (Å²) in [6, 6.07) is 1.79. The number of anilines is 2. The van der Waals surface area contributed by atoms with E-state index in [1.54, 1.807) is 28.0 Å². The van der Waals surface area contributed by atoms with Gasteiger partial charge in [-0.05, 0) is 6.07 Å². The highest BCUT2D eigenvalue weighted by Crippen LogP contribution is 2.30. The molecule has 0 amide bonds. The summed E-state index contributed by atoms with van der Waals surface area (Å²) in [6.45, 7) is 4.04. The smallest absolute Gasteiger partial charge is 0.257 e. The highest BCUT2D eigenvalue weighted by atomic mass is 19.3. The van der Waals surface area contributed by atoms with Crippen molar-refractivity contribution in [3.05, 3.63) is 18.5 Å². The summed E-state index contributed by atoms with van der Waals surface area (Å²) in [4.78, 5) is 17.7. The van der Waals surface area contributed by atoms with Crippen molar-refractivity contribution in [3.63, 3.8) is 0 Å². The van der Waals surface area contributed by atoms with Crippen LogP contribution in [0.15, 0.2) is 18.5 Å². The van der Waals surface area contributed by atoms with Gasteiger partial charge in [-0.3, -0.25) is 0 Å². The number of nitrogens with zero attached hydrogens (tertiary/aromatic N) is 7. The molecule has 0 bridgehead atoms. The van der Waals surface area contributed by atoms with E-state index in [9.17, 15) is 8.78 Å². The van der Waals surface area contributed by atoms with Crippen LogP contribution in [-0.4, -0.2) is 82.1 Å². The molecule has 3 aliphatic rings. The van der Waals surface area contributed by atoms with E-state index in [2.05, 4.69) is 30.3 Å². The molecule has 1 N–H and O–H groups in total. The lowest BCUT2D eigenvalue weighted by atomic mass is 9.95. The van der Waals surface area contributed by atoms with Gasteiger partial charge in [0.25, 0.3) is 11.9 Å². The molecule has 0 radical (unpaired) electrons. The fourth-order valence-electron chi connectivity index (χ4n) is 3.82. The van der Waals surface area contributed by atoms with Crippen LogP contribution in [0.25, 0.3) is 5.95 Å². The van der Waals surface area contributed by atoms with Gasteiger partial charge in [0.05, 0.1) is 18.8 Å². The Morgan fingerprint density at radius 2 is 1.68 bits per heavy atom. The van der Waals surface area contributed by atoms with Gasteiger partial charge < -0.3 is 19.9 Å². The number of alkyl halides is 2. The fraction of sp³-hybridized carbons (Fsp3) is 0.647. The van der Waals surface area contributed by atoms with Crippen LogP contribution < -0.4 is 15.1 Å². The molecule has 2 aromatic rings. The predicted molar refractivity (Wildman–Crippen MR) is 97.1 cm³/mol. The molecule has 0 aromatic carbocycles. The summed E-state index contributed by atoms with van der Waals surface area (Å²) in [5.41, 5.74) is -0.0654. The molecule has 0 saturated carbocycles. The number of ether oxygens (including phenoxy) is 1. The zero-order valence-corrected chi connectivity index (χ0v) is 15.4. The first-order valence-corrected chi connectivity index (χ1v) is 9.49. The lowest BCUT2D eigenvalue weighted by Crippen LogP contribution is -2.70. The van der Waals surface area contributed by atoms with Crippen molar-refractivity contribution in [2.45, 2.75) is 24.3 Å². The molecule has 3 saturated heterocycles. The van der Waals surface area contributed by atoms with Crippen LogP contribution in [0.2, 0.25) is 0 Å². The zero-order chi connectivity index (χ0) is 19.2. The van der Waals surface area contributed by atoms with E-state index in [1.165, 1.54) is 0 Å². The van der Waals surface area contributed by atoms with Crippen molar-refractivity contribution < 1.29 is 13.5 Å². The van der Waals surface area contributed by atoms with Crippen LogP contribution in [-0.2, 0) is 4.74 Å². The van der Waals surface area contributed by atoms with E-state index in [0.717, 1.165) is 19.6 Å². The highest BCUT2D eigenvalue weighted by molar-refractivity contribution is 5.43. The van der Waals surface area contributed by atoms with E-state index >= 15 is 0 Å². The number of piperazine rings is 1. The Bertz CT molecular complexity index is 832. The second-order valence-corrected chi connectivity index (χ2v) is 7.65. The van der Waals surface area contributed by atoms with Gasteiger partial charge in [-0.1, -0.05) is 0 Å². The van der Waals surface area contributed by atoms with Crippen LogP contribution >= 0.6 is 0 Å². The number of hydrogen-bond acceptors (Lipinski definition) is 8. The van der Waals surface area contributed by atoms with Crippen molar-refractivity contribution in [2.75, 3.05) is 55.7 Å². The van der Waals surface area contributed by atoms with E-state index in [0.29, 0.717) is 31.1 Å². The fourth-order valence-corrected chi connectivity index (χ4v) is 3.82. The molecule has 0 aliphatic carbocycles. The lowest BCUT2D eigenvalue weighted by molar-refractivity contribution is -0.0744. The third-order valence-corrected chi connectivity index (χ3v) is 5.50. The molecule has 1 spiro atoms. The minimum atomic E-state index is -2.62. The molecule has 28 heavy (non-hydrogen) atoms. The number of halogens is 2. The summed E-state index contributed by atoms with van der Waals surface area (Å²) in [7, 11) is 0. The molecule has 5 heterocycles. The zero-order valence-electron chi connectivity index (χ0n) is 15.4. The Hall–Kier alpha value is -2.40. The Balaban J connectivity index is 1.47. The van der Waals surface area contributed by atoms with Crippen LogP contribution in [0.4, 0.5) is 20.7 Å². The first-order chi connectivity index (χ1) is 13.5. The number of rotatable bonds is 3. The van der Waals surface area contributed by atoms with Gasteiger partial charge >= 0.3 is 0 Å². The predicted octanol–water partition coefficient (Wildman–Crippen LogP) is 0.471. The number of nitrogens with one attached hydrogen (secondary N) is 1. The van der Waals surface area contributed by atoms with E-state index in [-0.39, 0.29) is 31.5 Å². The van der Waals surface area contributed by atoms with Crippen molar-refractivity contribution in [3.8, 4) is 5.95 Å². The second-order valence-electron chi connectivity index (χ2n) is 7.65. The molecule has 150 valence electrons. The SMILES string of the molecule is FC1(F)CCN(c2nc(N3CCNC4(COC4)C3)nc(-n3cccn3)n2)CC1. The third-order valence-electron chi connectivity index (χ3n) is 5.50. The van der Waals surface area contributed by atoms with E-state index in [4.69, 9.17) is 4.74 Å². The molecule has 5 rings (SSSR count). The van der Waals surface area contributed by atoms with Gasteiger partial charge in [-0.2, -0.15) is 20.1 Å². The first-order valence-electron chi connectivity index (χ1n) is 9.49. The first kappa shape index (κ1) is 17.7. The molecule has 3 aliphatic heterocycles. The maximum Gasteiger partial charge on any atom is 0.257 e. The summed E-state index contributed by atoms with van der Waals surface area (Å²) in [6.07, 6.45) is 3.01. The van der Waals surface area contributed by atoms with Gasteiger partial charge in [0, 0.05) is 58.0 Å². The highest BCUT2D eigenvalue weighted by Gasteiger charge is 2.43. The monoisotopic (exact) mass is 392 g/mol. The van der Waals surface area contributed by atoms with Gasteiger partial charge in [0.1, 0.15) is 0 Å². The van der Waals surface area contributed by atoms with Gasteiger partial charge in [0.2, 0.25) is 11.9 Å². The molecular formula is C17H22F2N8O. The Morgan fingerprint density at radius 3 is 2.32 bits per heavy atom. The Kier molecular flexibility index (Phi) is 4.16. The maximum atomic E-state index is 13.6. The summed E-state index contributed by atoms with van der Waals surface area (Å²) in [5, 5.41) is 7.72. The Labute approximate surface area is 160 Å². The average molecular weight is 392 g/mol. The van der Waals surface area contributed by atoms with Crippen LogP contribution in [0.3, 0.4) is 0 Å². The van der Waals surface area contributed by atoms with Gasteiger partial charge in [-0.25, -0.2) is 13.5 Å². The maximum absolute atomic E-state index is 13.6. The topological polar surface area (TPSA) is 84.2 Å². The van der Waals surface area contributed by atoms with E-state index < -0.39 is 5.92 Å². The molecular weight excluding hydrogens is 370 g/mol. The minimum absolute atomic E-state index is 0.0654. The summed E-state index contributed by atoms with van der Waals surface area (Å²) >= 11 is 0. The number of aromatic nitrogens is 5. The molecule has 0 atom stereocenters. The van der Waals surface area contributed by atoms with Gasteiger partial charge in [0.15, 0.2) is 0 Å².